The first-order chi connectivity index (χ1) is 9.82. The van der Waals surface area contributed by atoms with Crippen molar-refractivity contribution in [1.29, 1.82) is 0 Å². The number of hydrogen-bond donors (Lipinski definition) is 1. The van der Waals surface area contributed by atoms with Crippen LogP contribution in [0.4, 0.5) is 13.2 Å². The normalized spacial score (nSPS) is 11.2. The first-order valence-electron chi connectivity index (χ1n) is 5.85. The van der Waals surface area contributed by atoms with Gasteiger partial charge in [0, 0.05) is 11.1 Å². The van der Waals surface area contributed by atoms with Crippen molar-refractivity contribution in [2.45, 2.75) is 6.18 Å². The van der Waals surface area contributed by atoms with Crippen LogP contribution in [0.15, 0.2) is 48.5 Å². The molecule has 0 spiro atoms. The van der Waals surface area contributed by atoms with Gasteiger partial charge in [0.05, 0.1) is 11.1 Å². The summed E-state index contributed by atoms with van der Waals surface area (Å²) >= 11 is 0. The van der Waals surface area contributed by atoms with E-state index < -0.39 is 29.1 Å². The fourth-order valence-electron chi connectivity index (χ4n) is 1.94. The maximum Gasteiger partial charge on any atom is 0.417 e. The van der Waals surface area contributed by atoms with Crippen LogP contribution >= 0.6 is 0 Å². The quantitative estimate of drug-likeness (QED) is 0.879. The molecular formula is C15H9F3O3. The summed E-state index contributed by atoms with van der Waals surface area (Å²) in [6, 6.07) is 9.45. The molecule has 2 aromatic rings. The van der Waals surface area contributed by atoms with Crippen molar-refractivity contribution in [3.05, 3.63) is 70.8 Å². The fraction of sp³-hybridized carbons (Fsp3) is 0.0667. The second-order valence-corrected chi connectivity index (χ2v) is 4.22. The Labute approximate surface area is 117 Å². The third kappa shape index (κ3) is 2.94. The Bertz CT molecular complexity index is 705. The van der Waals surface area contributed by atoms with E-state index in [-0.39, 0.29) is 11.1 Å². The van der Waals surface area contributed by atoms with E-state index in [1.54, 1.807) is 0 Å². The molecule has 0 unspecified atom stereocenters. The van der Waals surface area contributed by atoms with E-state index in [2.05, 4.69) is 0 Å². The predicted octanol–water partition coefficient (Wildman–Crippen LogP) is 3.63. The number of hydrogen-bond acceptors (Lipinski definition) is 2. The second-order valence-electron chi connectivity index (χ2n) is 4.22. The Balaban J connectivity index is 2.60. The van der Waals surface area contributed by atoms with Crippen LogP contribution in [-0.4, -0.2) is 16.9 Å². The number of alkyl halides is 3. The van der Waals surface area contributed by atoms with Crippen LogP contribution in [-0.2, 0) is 6.18 Å². The average Bonchev–Trinajstić information content (AvgIpc) is 2.45. The molecule has 3 nitrogen and oxygen atoms in total. The molecule has 108 valence electrons. The van der Waals surface area contributed by atoms with Crippen LogP contribution in [0.3, 0.4) is 0 Å². The van der Waals surface area contributed by atoms with Crippen LogP contribution in [0.2, 0.25) is 0 Å². The molecule has 0 radical (unpaired) electrons. The molecule has 0 aliphatic heterocycles. The highest BCUT2D eigenvalue weighted by molar-refractivity contribution is 6.14. The molecule has 0 fully saturated rings. The number of halogens is 3. The molecule has 21 heavy (non-hydrogen) atoms. The molecular weight excluding hydrogens is 285 g/mol. The lowest BCUT2D eigenvalue weighted by atomic mass is 9.95. The third-order valence-electron chi connectivity index (χ3n) is 2.88. The Hall–Kier alpha value is -2.63. The zero-order valence-corrected chi connectivity index (χ0v) is 10.5. The molecule has 1 N–H and O–H groups in total. The SMILES string of the molecule is O=C(O)c1ccccc1C(=O)c1ccccc1C(F)(F)F. The van der Waals surface area contributed by atoms with Crippen LogP contribution < -0.4 is 0 Å². The maximum absolute atomic E-state index is 12.9. The van der Waals surface area contributed by atoms with E-state index in [1.807, 2.05) is 0 Å². The van der Waals surface area contributed by atoms with Crippen molar-refractivity contribution in [1.82, 2.24) is 0 Å². The third-order valence-corrected chi connectivity index (χ3v) is 2.88. The van der Waals surface area contributed by atoms with Gasteiger partial charge in [-0.3, -0.25) is 4.79 Å². The lowest BCUT2D eigenvalue weighted by Crippen LogP contribution is -2.16. The van der Waals surface area contributed by atoms with Crippen LogP contribution in [0.25, 0.3) is 0 Å². The number of carbonyl (C=O) groups is 2. The molecule has 2 aromatic carbocycles. The number of ketones is 1. The zero-order chi connectivity index (χ0) is 15.6. The van der Waals surface area contributed by atoms with Gasteiger partial charge in [-0.2, -0.15) is 13.2 Å². The minimum absolute atomic E-state index is 0.276. The summed E-state index contributed by atoms with van der Waals surface area (Å²) < 4.78 is 38.7. The number of carboxylic acids is 1. The smallest absolute Gasteiger partial charge is 0.417 e. The topological polar surface area (TPSA) is 54.4 Å². The number of rotatable bonds is 3. The number of benzene rings is 2. The Morgan fingerprint density at radius 3 is 1.81 bits per heavy atom. The lowest BCUT2D eigenvalue weighted by Gasteiger charge is -2.12. The summed E-state index contributed by atoms with van der Waals surface area (Å²) in [5.74, 6) is -2.34. The molecule has 0 atom stereocenters. The van der Waals surface area contributed by atoms with Crippen molar-refractivity contribution in [2.75, 3.05) is 0 Å². The summed E-state index contributed by atoms with van der Waals surface area (Å²) in [6.07, 6.45) is -4.69. The average molecular weight is 294 g/mol. The standard InChI is InChI=1S/C15H9F3O3/c16-15(17,18)12-8-4-3-7-11(12)13(19)9-5-1-2-6-10(9)14(20)21/h1-8H,(H,20,21). The van der Waals surface area contributed by atoms with E-state index >= 15 is 0 Å². The van der Waals surface area contributed by atoms with E-state index in [0.29, 0.717) is 0 Å². The molecule has 0 aliphatic rings. The van der Waals surface area contributed by atoms with E-state index in [1.165, 1.54) is 36.4 Å². The number of carbonyl (C=O) groups excluding carboxylic acids is 1. The molecule has 0 saturated heterocycles. The Morgan fingerprint density at radius 1 is 0.810 bits per heavy atom. The van der Waals surface area contributed by atoms with Gasteiger partial charge >= 0.3 is 12.1 Å². The predicted molar refractivity (Wildman–Crippen MR) is 68.3 cm³/mol. The van der Waals surface area contributed by atoms with Crippen LogP contribution in [0.5, 0.6) is 0 Å². The Kier molecular flexibility index (Phi) is 3.80. The van der Waals surface area contributed by atoms with E-state index in [9.17, 15) is 22.8 Å². The van der Waals surface area contributed by atoms with Gasteiger partial charge in [-0.05, 0) is 12.1 Å². The highest BCUT2D eigenvalue weighted by Gasteiger charge is 2.35. The highest BCUT2D eigenvalue weighted by atomic mass is 19.4. The maximum atomic E-state index is 12.9. The van der Waals surface area contributed by atoms with Crippen molar-refractivity contribution < 1.29 is 27.9 Å². The molecule has 2 rings (SSSR count). The van der Waals surface area contributed by atoms with Gasteiger partial charge in [-0.15, -0.1) is 0 Å². The summed E-state index contributed by atoms with van der Waals surface area (Å²) in [6.45, 7) is 0. The van der Waals surface area contributed by atoms with Crippen LogP contribution in [0, 0.1) is 0 Å². The molecule has 0 saturated carbocycles. The lowest BCUT2D eigenvalue weighted by molar-refractivity contribution is -0.137. The first kappa shape index (κ1) is 14.8. The fourth-order valence-corrected chi connectivity index (χ4v) is 1.94. The summed E-state index contributed by atoms with van der Waals surface area (Å²) in [4.78, 5) is 23.3. The Morgan fingerprint density at radius 2 is 1.29 bits per heavy atom. The molecule has 0 amide bonds. The summed E-state index contributed by atoms with van der Waals surface area (Å²) in [7, 11) is 0. The van der Waals surface area contributed by atoms with Crippen molar-refractivity contribution in [2.24, 2.45) is 0 Å². The largest absolute Gasteiger partial charge is 0.478 e. The number of carboxylic acid groups (broad SMARTS) is 1. The van der Waals surface area contributed by atoms with Gasteiger partial charge < -0.3 is 5.11 Å². The minimum Gasteiger partial charge on any atom is -0.478 e. The monoisotopic (exact) mass is 294 g/mol. The number of aromatic carboxylic acids is 1. The van der Waals surface area contributed by atoms with Gasteiger partial charge in [-0.1, -0.05) is 36.4 Å². The van der Waals surface area contributed by atoms with Crippen molar-refractivity contribution in [3.8, 4) is 0 Å². The summed E-state index contributed by atoms with van der Waals surface area (Å²) in [5, 5.41) is 9.02. The van der Waals surface area contributed by atoms with E-state index in [0.717, 1.165) is 12.1 Å². The zero-order valence-electron chi connectivity index (χ0n) is 10.5. The van der Waals surface area contributed by atoms with E-state index in [4.69, 9.17) is 5.11 Å². The molecule has 0 aliphatic carbocycles. The van der Waals surface area contributed by atoms with Crippen molar-refractivity contribution >= 4 is 11.8 Å². The molecule has 6 heteroatoms. The molecule has 0 aromatic heterocycles. The van der Waals surface area contributed by atoms with Crippen LogP contribution in [0.1, 0.15) is 31.8 Å². The van der Waals surface area contributed by atoms with Gasteiger partial charge in [0.15, 0.2) is 5.78 Å². The van der Waals surface area contributed by atoms with Gasteiger partial charge in [0.2, 0.25) is 0 Å². The molecule has 0 heterocycles. The van der Waals surface area contributed by atoms with Gasteiger partial charge in [0.1, 0.15) is 0 Å². The second kappa shape index (κ2) is 5.40. The van der Waals surface area contributed by atoms with Crippen molar-refractivity contribution in [3.63, 3.8) is 0 Å². The highest BCUT2D eigenvalue weighted by Crippen LogP contribution is 2.33. The molecule has 0 bridgehead atoms. The first-order valence-corrected chi connectivity index (χ1v) is 5.85. The minimum atomic E-state index is -4.69. The van der Waals surface area contributed by atoms with Gasteiger partial charge in [0.25, 0.3) is 0 Å². The summed E-state index contributed by atoms with van der Waals surface area (Å²) in [5.41, 5.74) is -2.27. The van der Waals surface area contributed by atoms with Gasteiger partial charge in [-0.25, -0.2) is 4.79 Å².